The van der Waals surface area contributed by atoms with Gasteiger partial charge in [0.25, 0.3) is 0 Å². The van der Waals surface area contributed by atoms with E-state index < -0.39 is 0 Å². The van der Waals surface area contributed by atoms with E-state index in [-0.39, 0.29) is 6.04 Å². The number of rotatable bonds is 8. The summed E-state index contributed by atoms with van der Waals surface area (Å²) in [5.41, 5.74) is 10.9. The van der Waals surface area contributed by atoms with E-state index in [1.54, 1.807) is 0 Å². The molecular weight excluding hydrogens is 302 g/mol. The molecule has 0 amide bonds. The number of halogens is 1. The van der Waals surface area contributed by atoms with Crippen molar-refractivity contribution in [3.05, 3.63) is 28.2 Å². The van der Waals surface area contributed by atoms with Gasteiger partial charge in [-0.3, -0.25) is 11.3 Å². The molecule has 2 atom stereocenters. The highest BCUT2D eigenvalue weighted by atomic mass is 79.9. The molecule has 0 spiro atoms. The Bertz CT molecular complexity index is 382. The van der Waals surface area contributed by atoms with Gasteiger partial charge in [-0.1, -0.05) is 55.5 Å². The molecule has 1 rings (SSSR count). The Kier molecular flexibility index (Phi) is 7.42. The number of anilines is 1. The van der Waals surface area contributed by atoms with Crippen molar-refractivity contribution in [1.82, 2.24) is 5.43 Å². The number of benzene rings is 1. The molecule has 5 N–H and O–H groups in total. The molecular formula is C15H26BrN3. The fraction of sp³-hybridized carbons (Fsp3) is 0.600. The molecule has 1 aromatic carbocycles. The lowest BCUT2D eigenvalue weighted by Crippen LogP contribution is -2.30. The summed E-state index contributed by atoms with van der Waals surface area (Å²) in [7, 11) is 0. The van der Waals surface area contributed by atoms with E-state index in [4.69, 9.17) is 11.6 Å². The molecule has 0 heterocycles. The SMILES string of the molecule is CCCCC(CC)CC(NN)c1cc(Br)ccc1N. The number of hydrogen-bond acceptors (Lipinski definition) is 3. The molecule has 3 nitrogen and oxygen atoms in total. The topological polar surface area (TPSA) is 64.1 Å². The zero-order chi connectivity index (χ0) is 14.3. The number of nitrogen functional groups attached to an aromatic ring is 1. The Balaban J connectivity index is 2.78. The minimum absolute atomic E-state index is 0.124. The van der Waals surface area contributed by atoms with Crippen LogP contribution in [0.4, 0.5) is 5.69 Å². The second-order valence-corrected chi connectivity index (χ2v) is 6.06. The average Bonchev–Trinajstić information content (AvgIpc) is 2.42. The first kappa shape index (κ1) is 16.5. The molecule has 1 aromatic rings. The van der Waals surface area contributed by atoms with E-state index in [1.165, 1.54) is 25.7 Å². The third-order valence-electron chi connectivity index (χ3n) is 3.74. The van der Waals surface area contributed by atoms with Crippen LogP contribution in [0.2, 0.25) is 0 Å². The predicted octanol–water partition coefficient (Wildman–Crippen LogP) is 4.14. The summed E-state index contributed by atoms with van der Waals surface area (Å²) in [6, 6.07) is 6.07. The molecule has 0 aliphatic heterocycles. The molecule has 0 saturated carbocycles. The predicted molar refractivity (Wildman–Crippen MR) is 86.5 cm³/mol. The summed E-state index contributed by atoms with van der Waals surface area (Å²) >= 11 is 3.49. The van der Waals surface area contributed by atoms with Crippen molar-refractivity contribution < 1.29 is 0 Å². The molecule has 2 unspecified atom stereocenters. The van der Waals surface area contributed by atoms with Gasteiger partial charge < -0.3 is 5.73 Å². The van der Waals surface area contributed by atoms with E-state index in [1.807, 2.05) is 12.1 Å². The number of unbranched alkanes of at least 4 members (excludes halogenated alkanes) is 1. The first-order valence-electron chi connectivity index (χ1n) is 7.13. The Labute approximate surface area is 125 Å². The monoisotopic (exact) mass is 327 g/mol. The highest BCUT2D eigenvalue weighted by Crippen LogP contribution is 2.31. The van der Waals surface area contributed by atoms with Gasteiger partial charge in [0.2, 0.25) is 0 Å². The van der Waals surface area contributed by atoms with E-state index in [9.17, 15) is 0 Å². The summed E-state index contributed by atoms with van der Waals surface area (Å²) in [5.74, 6) is 6.43. The minimum atomic E-state index is 0.124. The minimum Gasteiger partial charge on any atom is -0.398 e. The Morgan fingerprint density at radius 3 is 2.63 bits per heavy atom. The van der Waals surface area contributed by atoms with Crippen LogP contribution in [0.15, 0.2) is 22.7 Å². The normalized spacial score (nSPS) is 14.3. The van der Waals surface area contributed by atoms with Crippen LogP contribution in [-0.4, -0.2) is 0 Å². The molecule has 0 radical (unpaired) electrons. The molecule has 0 bridgehead atoms. The summed E-state index contributed by atoms with van der Waals surface area (Å²) in [6.07, 6.45) is 6.01. The van der Waals surface area contributed by atoms with Crippen molar-refractivity contribution in [3.63, 3.8) is 0 Å². The summed E-state index contributed by atoms with van der Waals surface area (Å²) in [4.78, 5) is 0. The number of nitrogens with one attached hydrogen (secondary N) is 1. The number of nitrogens with two attached hydrogens (primary N) is 2. The van der Waals surface area contributed by atoms with E-state index in [0.717, 1.165) is 22.1 Å². The van der Waals surface area contributed by atoms with Crippen molar-refractivity contribution in [1.29, 1.82) is 0 Å². The van der Waals surface area contributed by atoms with Gasteiger partial charge in [-0.15, -0.1) is 0 Å². The molecule has 19 heavy (non-hydrogen) atoms. The van der Waals surface area contributed by atoms with E-state index in [0.29, 0.717) is 5.92 Å². The van der Waals surface area contributed by atoms with Crippen LogP contribution in [-0.2, 0) is 0 Å². The second kappa shape index (κ2) is 8.56. The number of hydrazine groups is 1. The van der Waals surface area contributed by atoms with Gasteiger partial charge in [0.15, 0.2) is 0 Å². The van der Waals surface area contributed by atoms with Gasteiger partial charge in [-0.2, -0.15) is 0 Å². The smallest absolute Gasteiger partial charge is 0.0483 e. The lowest BCUT2D eigenvalue weighted by molar-refractivity contribution is 0.357. The number of hydrogen-bond donors (Lipinski definition) is 3. The molecule has 0 aliphatic carbocycles. The van der Waals surface area contributed by atoms with Crippen LogP contribution in [0.3, 0.4) is 0 Å². The Morgan fingerprint density at radius 2 is 2.05 bits per heavy atom. The zero-order valence-electron chi connectivity index (χ0n) is 12.0. The maximum Gasteiger partial charge on any atom is 0.0483 e. The third kappa shape index (κ3) is 5.13. The van der Waals surface area contributed by atoms with Crippen molar-refractivity contribution >= 4 is 21.6 Å². The molecule has 0 fully saturated rings. The van der Waals surface area contributed by atoms with Crippen LogP contribution in [0, 0.1) is 5.92 Å². The standard InChI is InChI=1S/C15H26BrN3/c1-3-5-6-11(4-2)9-15(19-18)13-10-12(16)7-8-14(13)17/h7-8,10-11,15,19H,3-6,9,17-18H2,1-2H3. The maximum atomic E-state index is 6.07. The summed E-state index contributed by atoms with van der Waals surface area (Å²) < 4.78 is 1.04. The zero-order valence-corrected chi connectivity index (χ0v) is 13.5. The Hall–Kier alpha value is -0.580. The molecule has 0 aromatic heterocycles. The fourth-order valence-electron chi connectivity index (χ4n) is 2.45. The van der Waals surface area contributed by atoms with Gasteiger partial charge in [-0.25, -0.2) is 0 Å². The largest absolute Gasteiger partial charge is 0.398 e. The molecule has 108 valence electrons. The molecule has 0 saturated heterocycles. The van der Waals surface area contributed by atoms with Gasteiger partial charge in [0.05, 0.1) is 0 Å². The van der Waals surface area contributed by atoms with E-state index in [2.05, 4.69) is 41.3 Å². The van der Waals surface area contributed by atoms with Crippen molar-refractivity contribution in [2.24, 2.45) is 11.8 Å². The lowest BCUT2D eigenvalue weighted by atomic mass is 9.89. The quantitative estimate of drug-likeness (QED) is 0.382. The third-order valence-corrected chi connectivity index (χ3v) is 4.23. The first-order valence-corrected chi connectivity index (χ1v) is 7.92. The van der Waals surface area contributed by atoms with Gasteiger partial charge in [0.1, 0.15) is 0 Å². The van der Waals surface area contributed by atoms with Gasteiger partial charge in [0, 0.05) is 16.2 Å². The van der Waals surface area contributed by atoms with Crippen LogP contribution < -0.4 is 17.0 Å². The van der Waals surface area contributed by atoms with Crippen LogP contribution in [0.25, 0.3) is 0 Å². The second-order valence-electron chi connectivity index (χ2n) is 5.14. The van der Waals surface area contributed by atoms with Crippen LogP contribution in [0.1, 0.15) is 57.6 Å². The van der Waals surface area contributed by atoms with Crippen LogP contribution >= 0.6 is 15.9 Å². The molecule has 4 heteroatoms. The first-order chi connectivity index (χ1) is 9.12. The Morgan fingerprint density at radius 1 is 1.32 bits per heavy atom. The van der Waals surface area contributed by atoms with Crippen molar-refractivity contribution in [2.75, 3.05) is 5.73 Å². The molecule has 0 aliphatic rings. The van der Waals surface area contributed by atoms with Crippen molar-refractivity contribution in [3.8, 4) is 0 Å². The maximum absolute atomic E-state index is 6.07. The highest BCUT2D eigenvalue weighted by molar-refractivity contribution is 9.10. The van der Waals surface area contributed by atoms with Crippen molar-refractivity contribution in [2.45, 2.75) is 52.0 Å². The lowest BCUT2D eigenvalue weighted by Gasteiger charge is -2.24. The van der Waals surface area contributed by atoms with Gasteiger partial charge in [-0.05, 0) is 36.1 Å². The van der Waals surface area contributed by atoms with Gasteiger partial charge >= 0.3 is 0 Å². The fourth-order valence-corrected chi connectivity index (χ4v) is 2.83. The summed E-state index contributed by atoms with van der Waals surface area (Å²) in [6.45, 7) is 4.48. The van der Waals surface area contributed by atoms with E-state index >= 15 is 0 Å². The highest BCUT2D eigenvalue weighted by Gasteiger charge is 2.18. The van der Waals surface area contributed by atoms with Crippen LogP contribution in [0.5, 0.6) is 0 Å². The summed E-state index contributed by atoms with van der Waals surface area (Å²) in [5, 5.41) is 0. The average molecular weight is 328 g/mol.